The van der Waals surface area contributed by atoms with Gasteiger partial charge in [0, 0.05) is 24.3 Å². The number of aliphatic hydroxyl groups excluding tert-OH is 2. The largest absolute Gasteiger partial charge is 0.395 e. The molecule has 0 saturated carbocycles. The maximum absolute atomic E-state index is 14.4. The molecular formula is C21H27FN4O4. The standard InChI is InChI=1S/C19H21FN4O4.C2H6/c1-12-2-3-15(14(20)10-12)22-17-13-11-21-5-4-16(13)24(6-7-25)18(17)19(27)23-28-9-8-26;1-2/h2-5,10-11,22,25-26H,6-9H2,1H3,(H,23,27);1-2H3. The van der Waals surface area contributed by atoms with Crippen molar-refractivity contribution < 1.29 is 24.2 Å². The number of aliphatic hydroxyl groups is 2. The summed E-state index contributed by atoms with van der Waals surface area (Å²) < 4.78 is 16.0. The van der Waals surface area contributed by atoms with E-state index in [-0.39, 0.29) is 37.7 Å². The SMILES string of the molecule is CC.Cc1ccc(Nc2c(C(=O)NOCCO)n(CCO)c3ccncc23)c(F)c1. The molecule has 0 saturated heterocycles. The number of carbonyl (C=O) groups is 1. The molecule has 0 bridgehead atoms. The van der Waals surface area contributed by atoms with Crippen molar-refractivity contribution in [3.05, 3.63) is 53.7 Å². The van der Waals surface area contributed by atoms with Gasteiger partial charge in [-0.3, -0.25) is 14.6 Å². The predicted octanol–water partition coefficient (Wildman–Crippen LogP) is 2.90. The second-order valence-corrected chi connectivity index (χ2v) is 6.10. The van der Waals surface area contributed by atoms with E-state index in [1.54, 1.807) is 42.1 Å². The van der Waals surface area contributed by atoms with E-state index in [1.807, 2.05) is 13.8 Å². The number of hydroxylamine groups is 1. The van der Waals surface area contributed by atoms with Crippen molar-refractivity contribution in [2.75, 3.05) is 25.1 Å². The third-order valence-corrected chi connectivity index (χ3v) is 4.15. The molecule has 0 aliphatic rings. The highest BCUT2D eigenvalue weighted by molar-refractivity contribution is 6.09. The fraction of sp³-hybridized carbons (Fsp3) is 0.333. The van der Waals surface area contributed by atoms with Gasteiger partial charge < -0.3 is 20.1 Å². The summed E-state index contributed by atoms with van der Waals surface area (Å²) >= 11 is 0. The first-order chi connectivity index (χ1) is 14.6. The molecule has 2 aromatic heterocycles. The van der Waals surface area contributed by atoms with E-state index in [9.17, 15) is 14.3 Å². The highest BCUT2D eigenvalue weighted by Crippen LogP contribution is 2.34. The minimum absolute atomic E-state index is 0.0805. The molecule has 0 radical (unpaired) electrons. The summed E-state index contributed by atoms with van der Waals surface area (Å²) in [5.41, 5.74) is 4.35. The van der Waals surface area contributed by atoms with Crippen LogP contribution in [0.2, 0.25) is 0 Å². The number of aromatic nitrogens is 2. The van der Waals surface area contributed by atoms with E-state index in [2.05, 4.69) is 15.8 Å². The van der Waals surface area contributed by atoms with Gasteiger partial charge in [-0.05, 0) is 30.7 Å². The lowest BCUT2D eigenvalue weighted by atomic mass is 10.2. The Labute approximate surface area is 174 Å². The van der Waals surface area contributed by atoms with Gasteiger partial charge >= 0.3 is 0 Å². The Kier molecular flexibility index (Phi) is 8.72. The quantitative estimate of drug-likeness (QED) is 0.331. The first kappa shape index (κ1) is 23.3. The number of aryl methyl sites for hydroxylation is 1. The molecule has 1 aromatic carbocycles. The number of benzene rings is 1. The van der Waals surface area contributed by atoms with Crippen LogP contribution in [0.4, 0.5) is 15.8 Å². The van der Waals surface area contributed by atoms with Gasteiger partial charge in [-0.1, -0.05) is 19.9 Å². The number of fused-ring (bicyclic) bond motifs is 1. The van der Waals surface area contributed by atoms with E-state index < -0.39 is 11.7 Å². The average molecular weight is 418 g/mol. The fourth-order valence-corrected chi connectivity index (χ4v) is 2.96. The molecule has 2 heterocycles. The van der Waals surface area contributed by atoms with Crippen molar-refractivity contribution in [1.82, 2.24) is 15.0 Å². The van der Waals surface area contributed by atoms with Crippen molar-refractivity contribution in [2.24, 2.45) is 0 Å². The highest BCUT2D eigenvalue weighted by Gasteiger charge is 2.24. The molecule has 0 spiro atoms. The Morgan fingerprint density at radius 2 is 2.00 bits per heavy atom. The molecule has 0 atom stereocenters. The molecule has 3 rings (SSSR count). The maximum Gasteiger partial charge on any atom is 0.293 e. The van der Waals surface area contributed by atoms with Crippen LogP contribution in [0.1, 0.15) is 29.9 Å². The molecule has 0 unspecified atom stereocenters. The van der Waals surface area contributed by atoms with Gasteiger partial charge in [0.25, 0.3) is 5.91 Å². The number of pyridine rings is 1. The molecule has 3 aromatic rings. The number of halogens is 1. The van der Waals surface area contributed by atoms with E-state index in [1.165, 1.54) is 6.07 Å². The van der Waals surface area contributed by atoms with Crippen LogP contribution in [0, 0.1) is 12.7 Å². The van der Waals surface area contributed by atoms with Gasteiger partial charge in [-0.25, -0.2) is 9.87 Å². The zero-order chi connectivity index (χ0) is 22.1. The van der Waals surface area contributed by atoms with Crippen molar-refractivity contribution in [1.29, 1.82) is 0 Å². The summed E-state index contributed by atoms with van der Waals surface area (Å²) in [7, 11) is 0. The summed E-state index contributed by atoms with van der Waals surface area (Å²) in [4.78, 5) is 21.8. The Morgan fingerprint density at radius 3 is 2.67 bits per heavy atom. The molecule has 1 amide bonds. The zero-order valence-corrected chi connectivity index (χ0v) is 17.3. The van der Waals surface area contributed by atoms with Gasteiger partial charge in [0.1, 0.15) is 11.5 Å². The topological polar surface area (TPSA) is 109 Å². The molecule has 4 N–H and O–H groups in total. The van der Waals surface area contributed by atoms with Gasteiger partial charge in [0.05, 0.1) is 36.7 Å². The minimum Gasteiger partial charge on any atom is -0.395 e. The van der Waals surface area contributed by atoms with Crippen LogP contribution in [-0.2, 0) is 11.4 Å². The van der Waals surface area contributed by atoms with Crippen molar-refractivity contribution >= 4 is 28.2 Å². The molecule has 9 heteroatoms. The van der Waals surface area contributed by atoms with Crippen molar-refractivity contribution in [3.63, 3.8) is 0 Å². The van der Waals surface area contributed by atoms with E-state index in [4.69, 9.17) is 9.94 Å². The first-order valence-electron chi connectivity index (χ1n) is 9.70. The monoisotopic (exact) mass is 418 g/mol. The van der Waals surface area contributed by atoms with Crippen LogP contribution in [0.5, 0.6) is 0 Å². The lowest BCUT2D eigenvalue weighted by Gasteiger charge is -2.13. The smallest absolute Gasteiger partial charge is 0.293 e. The molecule has 8 nitrogen and oxygen atoms in total. The number of nitrogens with one attached hydrogen (secondary N) is 2. The number of hydrogen-bond acceptors (Lipinski definition) is 6. The lowest BCUT2D eigenvalue weighted by Crippen LogP contribution is -2.28. The predicted molar refractivity (Wildman–Crippen MR) is 113 cm³/mol. The molecule has 30 heavy (non-hydrogen) atoms. The van der Waals surface area contributed by atoms with Crippen LogP contribution in [0.25, 0.3) is 10.9 Å². The number of rotatable bonds is 8. The lowest BCUT2D eigenvalue weighted by molar-refractivity contribution is 0.0162. The Hall–Kier alpha value is -3.01. The molecule has 0 fully saturated rings. The first-order valence-corrected chi connectivity index (χ1v) is 9.70. The Morgan fingerprint density at radius 1 is 1.23 bits per heavy atom. The molecule has 0 aliphatic carbocycles. The fourth-order valence-electron chi connectivity index (χ4n) is 2.96. The number of anilines is 2. The van der Waals surface area contributed by atoms with Gasteiger partial charge in [0.15, 0.2) is 0 Å². The average Bonchev–Trinajstić information content (AvgIpc) is 3.05. The number of nitrogens with zero attached hydrogens (tertiary/aromatic N) is 2. The van der Waals surface area contributed by atoms with Crippen LogP contribution in [-0.4, -0.2) is 45.5 Å². The summed E-state index contributed by atoms with van der Waals surface area (Å²) in [6, 6.07) is 6.42. The Balaban J connectivity index is 0.00000155. The summed E-state index contributed by atoms with van der Waals surface area (Å²) in [6.45, 7) is 5.37. The minimum atomic E-state index is -0.604. The van der Waals surface area contributed by atoms with Gasteiger partial charge in [0.2, 0.25) is 0 Å². The van der Waals surface area contributed by atoms with Gasteiger partial charge in [-0.2, -0.15) is 0 Å². The summed E-state index contributed by atoms with van der Waals surface area (Å²) in [5, 5.41) is 21.9. The normalized spacial score (nSPS) is 10.5. The van der Waals surface area contributed by atoms with Crippen LogP contribution in [0.3, 0.4) is 0 Å². The molecular weight excluding hydrogens is 391 g/mol. The van der Waals surface area contributed by atoms with E-state index in [0.717, 1.165) is 5.56 Å². The summed E-state index contributed by atoms with van der Waals surface area (Å²) in [5.74, 6) is -1.07. The third kappa shape index (κ3) is 5.12. The zero-order valence-electron chi connectivity index (χ0n) is 17.3. The summed E-state index contributed by atoms with van der Waals surface area (Å²) in [6.07, 6.45) is 3.12. The van der Waals surface area contributed by atoms with Crippen molar-refractivity contribution in [2.45, 2.75) is 27.3 Å². The second kappa shape index (κ2) is 11.2. The van der Waals surface area contributed by atoms with Crippen LogP contribution < -0.4 is 10.8 Å². The van der Waals surface area contributed by atoms with Crippen LogP contribution >= 0.6 is 0 Å². The van der Waals surface area contributed by atoms with E-state index >= 15 is 0 Å². The second-order valence-electron chi connectivity index (χ2n) is 6.10. The molecule has 0 aliphatic heterocycles. The van der Waals surface area contributed by atoms with E-state index in [0.29, 0.717) is 16.6 Å². The van der Waals surface area contributed by atoms with Crippen LogP contribution in [0.15, 0.2) is 36.7 Å². The number of amides is 1. The maximum atomic E-state index is 14.4. The Bertz CT molecular complexity index is 991. The highest BCUT2D eigenvalue weighted by atomic mass is 19.1. The van der Waals surface area contributed by atoms with Crippen molar-refractivity contribution in [3.8, 4) is 0 Å². The third-order valence-electron chi connectivity index (χ3n) is 4.15. The number of hydrogen-bond donors (Lipinski definition) is 4. The molecule has 162 valence electrons. The van der Waals surface area contributed by atoms with Gasteiger partial charge in [-0.15, -0.1) is 0 Å². The number of carbonyl (C=O) groups excluding carboxylic acids is 1.